The van der Waals surface area contributed by atoms with E-state index in [2.05, 4.69) is 10.6 Å². The Morgan fingerprint density at radius 3 is 2.91 bits per heavy atom. The highest BCUT2D eigenvalue weighted by molar-refractivity contribution is 5.92. The molecule has 1 aromatic carbocycles. The normalized spacial score (nSPS) is 18.6. The summed E-state index contributed by atoms with van der Waals surface area (Å²) in [6.07, 6.45) is 2.54. The van der Waals surface area contributed by atoms with Crippen LogP contribution >= 0.6 is 12.4 Å². The van der Waals surface area contributed by atoms with Crippen LogP contribution in [0.2, 0.25) is 0 Å². The molecule has 1 amide bonds. The van der Waals surface area contributed by atoms with E-state index in [1.807, 2.05) is 6.92 Å². The number of non-ortho nitro benzene ring substituents is 1. The van der Waals surface area contributed by atoms with E-state index in [1.54, 1.807) is 0 Å². The number of carbonyl (C=O) groups is 1. The number of benzene rings is 1. The highest BCUT2D eigenvalue weighted by atomic mass is 35.5. The zero-order valence-corrected chi connectivity index (χ0v) is 13.8. The van der Waals surface area contributed by atoms with Crippen LogP contribution in [-0.4, -0.2) is 29.0 Å². The van der Waals surface area contributed by atoms with Crippen molar-refractivity contribution in [3.8, 4) is 5.75 Å². The summed E-state index contributed by atoms with van der Waals surface area (Å²) < 4.78 is 0. The number of nitro benzene ring substituents is 1. The highest BCUT2D eigenvalue weighted by Gasteiger charge is 2.22. The van der Waals surface area contributed by atoms with Gasteiger partial charge in [0.25, 0.3) is 5.69 Å². The van der Waals surface area contributed by atoms with Crippen LogP contribution in [0.15, 0.2) is 18.2 Å². The first-order chi connectivity index (χ1) is 10.5. The number of hydrogen-bond donors (Lipinski definition) is 3. The average molecular weight is 344 g/mol. The number of nitrogens with one attached hydrogen (secondary N) is 2. The number of anilines is 1. The van der Waals surface area contributed by atoms with Crippen molar-refractivity contribution in [2.75, 3.05) is 18.4 Å². The summed E-state index contributed by atoms with van der Waals surface area (Å²) in [6, 6.07) is 3.57. The number of phenolic OH excluding ortho intramolecular Hbond substituents is 1. The fourth-order valence-corrected chi connectivity index (χ4v) is 2.76. The maximum Gasteiger partial charge on any atom is 0.271 e. The maximum atomic E-state index is 12.1. The van der Waals surface area contributed by atoms with E-state index in [9.17, 15) is 20.0 Å². The predicted molar refractivity (Wildman–Crippen MR) is 90.0 cm³/mol. The zero-order chi connectivity index (χ0) is 16.1. The topological polar surface area (TPSA) is 104 Å². The Labute approximate surface area is 141 Å². The second-order valence-corrected chi connectivity index (χ2v) is 5.79. The number of rotatable bonds is 5. The second-order valence-electron chi connectivity index (χ2n) is 5.79. The number of hydrogen-bond acceptors (Lipinski definition) is 5. The summed E-state index contributed by atoms with van der Waals surface area (Å²) >= 11 is 0. The molecule has 128 valence electrons. The lowest BCUT2D eigenvalue weighted by atomic mass is 9.85. The molecule has 0 saturated carbocycles. The van der Waals surface area contributed by atoms with Crippen molar-refractivity contribution in [3.63, 3.8) is 0 Å². The van der Waals surface area contributed by atoms with E-state index in [4.69, 9.17) is 0 Å². The van der Waals surface area contributed by atoms with Crippen molar-refractivity contribution >= 4 is 29.7 Å². The summed E-state index contributed by atoms with van der Waals surface area (Å²) in [5, 5.41) is 26.3. The molecule has 1 aliphatic heterocycles. The number of halogens is 1. The number of phenols is 1. The lowest BCUT2D eigenvalue weighted by Gasteiger charge is -2.28. The molecule has 7 nitrogen and oxygen atoms in total. The lowest BCUT2D eigenvalue weighted by Crippen LogP contribution is -2.34. The smallest absolute Gasteiger partial charge is 0.271 e. The molecule has 1 fully saturated rings. The summed E-state index contributed by atoms with van der Waals surface area (Å²) in [7, 11) is 0. The molecular weight excluding hydrogens is 322 g/mol. The molecule has 1 saturated heterocycles. The summed E-state index contributed by atoms with van der Waals surface area (Å²) in [5.41, 5.74) is -0.0919. The van der Waals surface area contributed by atoms with Gasteiger partial charge in [0.15, 0.2) is 0 Å². The molecule has 0 bridgehead atoms. The van der Waals surface area contributed by atoms with Gasteiger partial charge in [-0.1, -0.05) is 6.92 Å². The minimum atomic E-state index is -0.564. The number of nitrogens with zero attached hydrogens (tertiary/aromatic N) is 1. The van der Waals surface area contributed by atoms with Crippen molar-refractivity contribution in [3.05, 3.63) is 28.3 Å². The van der Waals surface area contributed by atoms with E-state index in [-0.39, 0.29) is 41.4 Å². The van der Waals surface area contributed by atoms with Gasteiger partial charge < -0.3 is 15.7 Å². The van der Waals surface area contributed by atoms with Crippen LogP contribution < -0.4 is 10.6 Å². The second kappa shape index (κ2) is 8.69. The molecule has 2 unspecified atom stereocenters. The van der Waals surface area contributed by atoms with E-state index < -0.39 is 4.92 Å². The first-order valence-electron chi connectivity index (χ1n) is 7.45. The minimum absolute atomic E-state index is 0. The van der Waals surface area contributed by atoms with Crippen LogP contribution in [0.5, 0.6) is 5.75 Å². The fraction of sp³-hybridized carbons (Fsp3) is 0.533. The summed E-state index contributed by atoms with van der Waals surface area (Å²) in [5.74, 6) is 0.256. The average Bonchev–Trinajstić information content (AvgIpc) is 2.50. The number of carbonyl (C=O) groups excluding carboxylic acids is 1. The lowest BCUT2D eigenvalue weighted by molar-refractivity contribution is -0.384. The first-order valence-corrected chi connectivity index (χ1v) is 7.45. The largest absolute Gasteiger partial charge is 0.506 e. The number of piperidine rings is 1. The molecule has 1 aliphatic rings. The van der Waals surface area contributed by atoms with Gasteiger partial charge in [-0.25, -0.2) is 0 Å². The zero-order valence-electron chi connectivity index (χ0n) is 12.9. The van der Waals surface area contributed by atoms with Gasteiger partial charge in [0.2, 0.25) is 5.91 Å². The van der Waals surface area contributed by atoms with Gasteiger partial charge in [0, 0.05) is 18.6 Å². The van der Waals surface area contributed by atoms with Crippen molar-refractivity contribution in [2.45, 2.75) is 26.2 Å². The van der Waals surface area contributed by atoms with Gasteiger partial charge in [-0.2, -0.15) is 0 Å². The standard InChI is InChI=1S/C15H21N3O4.ClH/c1-10(11-3-2-6-16-9-11)7-15(20)17-13-8-12(18(21)22)4-5-14(13)19;/h4-5,8,10-11,16,19H,2-3,6-7,9H2,1H3,(H,17,20);1H. The number of aromatic hydroxyl groups is 1. The van der Waals surface area contributed by atoms with E-state index in [1.165, 1.54) is 18.2 Å². The monoisotopic (exact) mass is 343 g/mol. The molecule has 23 heavy (non-hydrogen) atoms. The van der Waals surface area contributed by atoms with Crippen LogP contribution in [0, 0.1) is 22.0 Å². The van der Waals surface area contributed by atoms with Crippen molar-refractivity contribution in [2.24, 2.45) is 11.8 Å². The van der Waals surface area contributed by atoms with Crippen molar-refractivity contribution in [1.82, 2.24) is 5.32 Å². The fourth-order valence-electron chi connectivity index (χ4n) is 2.76. The number of nitro groups is 1. The third kappa shape index (κ3) is 5.37. The van der Waals surface area contributed by atoms with Gasteiger partial charge in [-0.05, 0) is 43.8 Å². The Bertz CT molecular complexity index is 562. The molecular formula is C15H22ClN3O4. The van der Waals surface area contributed by atoms with Crippen molar-refractivity contribution in [1.29, 1.82) is 0 Å². The molecule has 1 heterocycles. The Balaban J connectivity index is 0.00000264. The molecule has 3 N–H and O–H groups in total. The molecule has 0 spiro atoms. The molecule has 2 atom stereocenters. The third-order valence-corrected chi connectivity index (χ3v) is 4.11. The van der Waals surface area contributed by atoms with E-state index in [0.29, 0.717) is 12.3 Å². The van der Waals surface area contributed by atoms with Crippen LogP contribution in [-0.2, 0) is 4.79 Å². The Morgan fingerprint density at radius 2 is 2.30 bits per heavy atom. The molecule has 8 heteroatoms. The van der Waals surface area contributed by atoms with Gasteiger partial charge in [0.1, 0.15) is 5.75 Å². The van der Waals surface area contributed by atoms with Crippen molar-refractivity contribution < 1.29 is 14.8 Å². The number of amides is 1. The summed E-state index contributed by atoms with van der Waals surface area (Å²) in [6.45, 7) is 3.97. The molecule has 0 aliphatic carbocycles. The van der Waals surface area contributed by atoms with Gasteiger partial charge >= 0.3 is 0 Å². The third-order valence-electron chi connectivity index (χ3n) is 4.11. The minimum Gasteiger partial charge on any atom is -0.506 e. The molecule has 0 radical (unpaired) electrons. The van der Waals surface area contributed by atoms with Gasteiger partial charge in [-0.15, -0.1) is 12.4 Å². The Kier molecular flexibility index (Phi) is 7.25. The summed E-state index contributed by atoms with van der Waals surface area (Å²) in [4.78, 5) is 22.3. The SMILES string of the molecule is CC(CC(=O)Nc1cc([N+](=O)[O-])ccc1O)C1CCCNC1.Cl. The van der Waals surface area contributed by atoms with E-state index >= 15 is 0 Å². The van der Waals surface area contributed by atoms with Crippen LogP contribution in [0.4, 0.5) is 11.4 Å². The van der Waals surface area contributed by atoms with E-state index in [0.717, 1.165) is 25.9 Å². The molecule has 0 aromatic heterocycles. The van der Waals surface area contributed by atoms with Crippen LogP contribution in [0.3, 0.4) is 0 Å². The highest BCUT2D eigenvalue weighted by Crippen LogP contribution is 2.29. The quantitative estimate of drug-likeness (QED) is 0.433. The van der Waals surface area contributed by atoms with Gasteiger partial charge in [0.05, 0.1) is 10.6 Å². The van der Waals surface area contributed by atoms with Gasteiger partial charge in [-0.3, -0.25) is 14.9 Å². The maximum absolute atomic E-state index is 12.1. The molecule has 2 rings (SSSR count). The first kappa shape index (κ1) is 19.2. The Morgan fingerprint density at radius 1 is 1.57 bits per heavy atom. The van der Waals surface area contributed by atoms with Crippen LogP contribution in [0.25, 0.3) is 0 Å². The van der Waals surface area contributed by atoms with Crippen LogP contribution in [0.1, 0.15) is 26.2 Å². The Hall–Kier alpha value is -1.86. The predicted octanol–water partition coefficient (Wildman–Crippen LogP) is 2.69. The molecule has 1 aromatic rings.